The summed E-state index contributed by atoms with van der Waals surface area (Å²) < 4.78 is 2.46. The number of rotatable bonds is 5. The lowest BCUT2D eigenvalue weighted by molar-refractivity contribution is -0.116. The molecule has 0 bridgehead atoms. The van der Waals surface area contributed by atoms with E-state index in [0.717, 1.165) is 10.1 Å². The molecule has 0 saturated heterocycles. The number of amides is 1. The molecule has 10 heteroatoms. The van der Waals surface area contributed by atoms with Crippen LogP contribution in [0.4, 0.5) is 5.13 Å². The lowest BCUT2D eigenvalue weighted by atomic mass is 10.2. The molecule has 0 aliphatic carbocycles. The Kier molecular flexibility index (Phi) is 5.02. The summed E-state index contributed by atoms with van der Waals surface area (Å²) in [5.74, 6) is 1.42. The third-order valence-electron chi connectivity index (χ3n) is 3.24. The molecule has 1 amide bonds. The molecule has 3 rings (SSSR count). The van der Waals surface area contributed by atoms with Gasteiger partial charge in [-0.2, -0.15) is 0 Å². The van der Waals surface area contributed by atoms with Crippen molar-refractivity contribution < 1.29 is 4.79 Å². The highest BCUT2D eigenvalue weighted by Gasteiger charge is 2.27. The predicted octanol–water partition coefficient (Wildman–Crippen LogP) is 2.19. The Hall–Kier alpha value is -1.39. The van der Waals surface area contributed by atoms with Crippen LogP contribution in [0.15, 0.2) is 20.5 Å². The fourth-order valence-electron chi connectivity index (χ4n) is 2.20. The molecule has 122 valence electrons. The van der Waals surface area contributed by atoms with Crippen LogP contribution < -0.4 is 10.9 Å². The first kappa shape index (κ1) is 16.5. The van der Waals surface area contributed by atoms with Gasteiger partial charge in [-0.3, -0.25) is 14.2 Å². The Balaban J connectivity index is 1.68. The molecule has 2 aromatic rings. The molecular weight excluding hydrogens is 354 g/mol. The molecule has 0 saturated carbocycles. The van der Waals surface area contributed by atoms with E-state index in [1.165, 1.54) is 23.1 Å². The van der Waals surface area contributed by atoms with E-state index in [9.17, 15) is 9.59 Å². The van der Waals surface area contributed by atoms with Gasteiger partial charge in [0.25, 0.3) is 5.56 Å². The first-order valence-corrected chi connectivity index (χ1v) is 9.84. The number of anilines is 1. The molecule has 23 heavy (non-hydrogen) atoms. The number of aryl methyl sites for hydroxylation is 1. The normalized spacial score (nSPS) is 16.3. The van der Waals surface area contributed by atoms with Gasteiger partial charge in [0, 0.05) is 23.9 Å². The van der Waals surface area contributed by atoms with Crippen molar-refractivity contribution in [2.75, 3.05) is 16.8 Å². The van der Waals surface area contributed by atoms with Crippen molar-refractivity contribution in [2.45, 2.75) is 35.8 Å². The molecule has 2 aromatic heterocycles. The Labute approximate surface area is 145 Å². The lowest BCUT2D eigenvalue weighted by Crippen LogP contribution is -2.28. The minimum Gasteiger partial charge on any atom is -0.300 e. The molecule has 1 N–H and O–H groups in total. The lowest BCUT2D eigenvalue weighted by Gasteiger charge is -2.12. The highest BCUT2D eigenvalue weighted by Crippen LogP contribution is 2.32. The van der Waals surface area contributed by atoms with E-state index in [-0.39, 0.29) is 23.9 Å². The quantitative estimate of drug-likeness (QED) is 0.491. The number of carbonyl (C=O) groups excluding carboxylic acids is 1. The number of hydrogen-bond donors (Lipinski definition) is 1. The zero-order chi connectivity index (χ0) is 16.4. The second kappa shape index (κ2) is 7.02. The van der Waals surface area contributed by atoms with Crippen molar-refractivity contribution in [1.82, 2.24) is 19.7 Å². The van der Waals surface area contributed by atoms with Gasteiger partial charge in [0.1, 0.15) is 0 Å². The number of nitrogens with zero attached hydrogens (tertiary/aromatic N) is 4. The Bertz CT molecular complexity index is 788. The molecule has 0 fully saturated rings. The van der Waals surface area contributed by atoms with Crippen molar-refractivity contribution in [3.63, 3.8) is 0 Å². The van der Waals surface area contributed by atoms with Gasteiger partial charge >= 0.3 is 0 Å². The number of aromatic nitrogens is 4. The van der Waals surface area contributed by atoms with E-state index in [1.54, 1.807) is 29.4 Å². The van der Waals surface area contributed by atoms with E-state index in [0.29, 0.717) is 21.6 Å². The summed E-state index contributed by atoms with van der Waals surface area (Å²) in [5.41, 5.74) is 0.516. The Morgan fingerprint density at radius 2 is 2.35 bits per heavy atom. The second-order valence-corrected chi connectivity index (χ2v) is 8.40. The van der Waals surface area contributed by atoms with Crippen molar-refractivity contribution >= 4 is 45.9 Å². The fraction of sp³-hybridized carbons (Fsp3) is 0.462. The van der Waals surface area contributed by atoms with Gasteiger partial charge < -0.3 is 5.32 Å². The zero-order valence-corrected chi connectivity index (χ0v) is 15.1. The van der Waals surface area contributed by atoms with E-state index in [2.05, 4.69) is 20.5 Å². The third-order valence-corrected chi connectivity index (χ3v) is 6.21. The minimum atomic E-state index is -0.174. The average molecular weight is 369 g/mol. The summed E-state index contributed by atoms with van der Waals surface area (Å²) in [7, 11) is 0. The largest absolute Gasteiger partial charge is 0.300 e. The maximum Gasteiger partial charge on any atom is 0.257 e. The Morgan fingerprint density at radius 3 is 3.13 bits per heavy atom. The SMILES string of the molecule is CCSc1nnc(NC(=O)CC2CSc3ncc(C)c(=O)n32)s1. The van der Waals surface area contributed by atoms with Gasteiger partial charge in [-0.25, -0.2) is 4.98 Å². The van der Waals surface area contributed by atoms with Crippen LogP contribution in [0, 0.1) is 6.92 Å². The summed E-state index contributed by atoms with van der Waals surface area (Å²) in [6.45, 7) is 3.77. The van der Waals surface area contributed by atoms with Gasteiger partial charge in [-0.1, -0.05) is 41.8 Å². The predicted molar refractivity (Wildman–Crippen MR) is 92.5 cm³/mol. The monoisotopic (exact) mass is 369 g/mol. The topological polar surface area (TPSA) is 89.8 Å². The van der Waals surface area contributed by atoms with Crippen molar-refractivity contribution in [2.24, 2.45) is 0 Å². The van der Waals surface area contributed by atoms with E-state index < -0.39 is 0 Å². The number of thioether (sulfide) groups is 2. The van der Waals surface area contributed by atoms with Crippen LogP contribution in [0.3, 0.4) is 0 Å². The molecule has 7 nitrogen and oxygen atoms in total. The van der Waals surface area contributed by atoms with Crippen molar-refractivity contribution in [1.29, 1.82) is 0 Å². The third kappa shape index (κ3) is 3.59. The van der Waals surface area contributed by atoms with Gasteiger partial charge in [-0.05, 0) is 12.7 Å². The van der Waals surface area contributed by atoms with Crippen LogP contribution >= 0.6 is 34.9 Å². The molecule has 1 atom stereocenters. The van der Waals surface area contributed by atoms with Crippen LogP contribution in [-0.2, 0) is 4.79 Å². The fourth-order valence-corrected chi connectivity index (χ4v) is 4.97. The van der Waals surface area contributed by atoms with Crippen LogP contribution in [0.1, 0.15) is 24.9 Å². The van der Waals surface area contributed by atoms with Crippen LogP contribution in [-0.4, -0.2) is 37.2 Å². The number of fused-ring (bicyclic) bond motifs is 1. The van der Waals surface area contributed by atoms with Crippen LogP contribution in [0.5, 0.6) is 0 Å². The second-order valence-electron chi connectivity index (χ2n) is 4.92. The van der Waals surface area contributed by atoms with Crippen LogP contribution in [0.2, 0.25) is 0 Å². The summed E-state index contributed by atoms with van der Waals surface area (Å²) in [4.78, 5) is 28.7. The van der Waals surface area contributed by atoms with Gasteiger partial charge in [0.2, 0.25) is 11.0 Å². The van der Waals surface area contributed by atoms with Gasteiger partial charge in [0.15, 0.2) is 9.50 Å². The molecule has 0 aromatic carbocycles. The molecule has 1 aliphatic rings. The summed E-state index contributed by atoms with van der Waals surface area (Å²) in [5, 5.41) is 11.9. The highest BCUT2D eigenvalue weighted by molar-refractivity contribution is 8.01. The van der Waals surface area contributed by atoms with Crippen molar-refractivity contribution in [3.8, 4) is 0 Å². The maximum atomic E-state index is 12.2. The molecular formula is C13H15N5O2S3. The molecule has 3 heterocycles. The number of carbonyl (C=O) groups is 1. The highest BCUT2D eigenvalue weighted by atomic mass is 32.2. The summed E-state index contributed by atoms with van der Waals surface area (Å²) in [6, 6.07) is -0.174. The first-order valence-electron chi connectivity index (χ1n) is 7.05. The minimum absolute atomic E-state index is 0.0738. The van der Waals surface area contributed by atoms with E-state index in [4.69, 9.17) is 0 Å². The molecule has 1 unspecified atom stereocenters. The Morgan fingerprint density at radius 1 is 1.52 bits per heavy atom. The summed E-state index contributed by atoms with van der Waals surface area (Å²) in [6.07, 6.45) is 1.80. The number of nitrogens with one attached hydrogen (secondary N) is 1. The van der Waals surface area contributed by atoms with Gasteiger partial charge in [-0.15, -0.1) is 10.2 Å². The zero-order valence-electron chi connectivity index (χ0n) is 12.6. The summed E-state index contributed by atoms with van der Waals surface area (Å²) >= 11 is 4.45. The molecule has 1 aliphatic heterocycles. The van der Waals surface area contributed by atoms with Crippen molar-refractivity contribution in [3.05, 3.63) is 22.1 Å². The van der Waals surface area contributed by atoms with E-state index in [1.807, 2.05) is 6.92 Å². The molecule has 0 radical (unpaired) electrons. The maximum absolute atomic E-state index is 12.2. The number of hydrogen-bond acceptors (Lipinski definition) is 8. The standard InChI is InChI=1S/C13H15N5O2S3/c1-3-21-13-17-16-11(23-13)15-9(19)4-8-6-22-12-14-5-7(2)10(20)18(8)12/h5,8H,3-4,6H2,1-2H3,(H,15,16,19). The first-order chi connectivity index (χ1) is 11.1. The van der Waals surface area contributed by atoms with E-state index >= 15 is 0 Å². The molecule has 0 spiro atoms. The van der Waals surface area contributed by atoms with Gasteiger partial charge in [0.05, 0.1) is 6.04 Å². The smallest absolute Gasteiger partial charge is 0.257 e. The van der Waals surface area contributed by atoms with Crippen LogP contribution in [0.25, 0.3) is 0 Å². The average Bonchev–Trinajstić information content (AvgIpc) is 3.11.